The number of hydrogen-bond donors (Lipinski definition) is 0. The Bertz CT molecular complexity index is 377. The van der Waals surface area contributed by atoms with Crippen LogP contribution in [0.2, 0.25) is 15.8 Å². The molecule has 0 nitrogen and oxygen atoms in total. The molecule has 0 aliphatic carbocycles. The summed E-state index contributed by atoms with van der Waals surface area (Å²) in [6.45, 7) is 11.0. The molecule has 0 fully saturated rings. The molecule has 0 aliphatic heterocycles. The average Bonchev–Trinajstić information content (AvgIpc) is 2.45. The standard InChI is InChI=1S/C17H26Ge/c1-5-12-17(16-13-10-9-11-14-16)15-18(6-2,7-3)8-4/h5,9-11,13-15H,1,6-8,12H2,2-4H3/b17-15+. The first kappa shape index (κ1) is 15.3. The van der Waals surface area contributed by atoms with Crippen molar-refractivity contribution in [3.63, 3.8) is 0 Å². The van der Waals surface area contributed by atoms with Crippen molar-refractivity contribution in [2.24, 2.45) is 0 Å². The normalized spacial score (nSPS) is 12.5. The first-order valence-electron chi connectivity index (χ1n) is 7.09. The molecule has 0 aliphatic rings. The van der Waals surface area contributed by atoms with Crippen LogP contribution in [0.1, 0.15) is 32.8 Å². The first-order valence-corrected chi connectivity index (χ1v) is 12.8. The van der Waals surface area contributed by atoms with Crippen molar-refractivity contribution in [1.82, 2.24) is 0 Å². The van der Waals surface area contributed by atoms with Gasteiger partial charge < -0.3 is 0 Å². The van der Waals surface area contributed by atoms with Gasteiger partial charge in [0.25, 0.3) is 0 Å². The second kappa shape index (κ2) is 7.63. The van der Waals surface area contributed by atoms with Crippen molar-refractivity contribution >= 4 is 18.8 Å². The van der Waals surface area contributed by atoms with E-state index in [0.29, 0.717) is 0 Å². The molecule has 0 aromatic heterocycles. The summed E-state index contributed by atoms with van der Waals surface area (Å²) in [5, 5.41) is 4.17. The zero-order valence-corrected chi connectivity index (χ0v) is 14.2. The van der Waals surface area contributed by atoms with Gasteiger partial charge in [0.05, 0.1) is 0 Å². The summed E-state index contributed by atoms with van der Waals surface area (Å²) in [4.78, 5) is 2.68. The van der Waals surface area contributed by atoms with Crippen LogP contribution in [0.5, 0.6) is 0 Å². The number of rotatable bonds is 7. The van der Waals surface area contributed by atoms with E-state index in [2.05, 4.69) is 62.6 Å². The van der Waals surface area contributed by atoms with Crippen LogP contribution in [0.3, 0.4) is 0 Å². The molecule has 0 heterocycles. The summed E-state index contributed by atoms with van der Waals surface area (Å²) in [6.07, 6.45) is 3.03. The van der Waals surface area contributed by atoms with E-state index in [4.69, 9.17) is 0 Å². The van der Waals surface area contributed by atoms with Gasteiger partial charge in [0.15, 0.2) is 0 Å². The maximum absolute atomic E-state index is 3.91. The molecule has 1 aromatic rings. The fraction of sp³-hybridized carbons (Fsp3) is 0.412. The summed E-state index contributed by atoms with van der Waals surface area (Å²) in [7, 11) is 0. The van der Waals surface area contributed by atoms with E-state index in [1.165, 1.54) is 26.9 Å². The molecule has 0 saturated heterocycles. The van der Waals surface area contributed by atoms with Gasteiger partial charge in [-0.15, -0.1) is 0 Å². The molecule has 0 spiro atoms. The van der Waals surface area contributed by atoms with Gasteiger partial charge in [0.2, 0.25) is 0 Å². The molecule has 1 rings (SSSR count). The molecule has 0 N–H and O–H groups in total. The molecular weight excluding hydrogens is 277 g/mol. The van der Waals surface area contributed by atoms with Gasteiger partial charge >= 0.3 is 115 Å². The molecule has 18 heavy (non-hydrogen) atoms. The molecule has 0 amide bonds. The number of allylic oxidation sites excluding steroid dienone is 2. The third kappa shape index (κ3) is 3.88. The minimum atomic E-state index is -1.75. The second-order valence-electron chi connectivity index (χ2n) is 4.95. The summed E-state index contributed by atoms with van der Waals surface area (Å²) < 4.78 is 0. The van der Waals surface area contributed by atoms with Crippen LogP contribution in [-0.4, -0.2) is 13.3 Å². The SMILES string of the molecule is C=CC/C(=[CH]\[Ge]([CH2]C)([CH2]C)[CH2]C)c1ccccc1. The fourth-order valence-corrected chi connectivity index (χ4v) is 9.07. The Kier molecular flexibility index (Phi) is 6.48. The maximum atomic E-state index is 3.91. The topological polar surface area (TPSA) is 0 Å². The van der Waals surface area contributed by atoms with E-state index < -0.39 is 13.3 Å². The first-order chi connectivity index (χ1) is 8.71. The molecule has 0 saturated carbocycles. The van der Waals surface area contributed by atoms with Gasteiger partial charge in [0, 0.05) is 0 Å². The van der Waals surface area contributed by atoms with Gasteiger partial charge in [-0.2, -0.15) is 0 Å². The molecule has 0 atom stereocenters. The van der Waals surface area contributed by atoms with E-state index >= 15 is 0 Å². The van der Waals surface area contributed by atoms with Gasteiger partial charge in [-0.1, -0.05) is 0 Å². The summed E-state index contributed by atoms with van der Waals surface area (Å²) in [5.41, 5.74) is 2.87. The Morgan fingerprint density at radius 2 is 1.61 bits per heavy atom. The molecule has 1 heteroatoms. The van der Waals surface area contributed by atoms with E-state index in [9.17, 15) is 0 Å². The van der Waals surface area contributed by atoms with E-state index in [0.717, 1.165) is 6.42 Å². The summed E-state index contributed by atoms with van der Waals surface area (Å²) in [5.74, 6) is 0. The number of benzene rings is 1. The zero-order chi connectivity index (χ0) is 13.4. The Hall–Kier alpha value is -0.757. The number of hydrogen-bond acceptors (Lipinski definition) is 0. The fourth-order valence-electron chi connectivity index (χ4n) is 2.49. The van der Waals surface area contributed by atoms with Crippen molar-refractivity contribution in [2.75, 3.05) is 0 Å². The van der Waals surface area contributed by atoms with E-state index in [-0.39, 0.29) is 0 Å². The minimum absolute atomic E-state index is 0.997. The third-order valence-corrected chi connectivity index (χ3v) is 15.0. The predicted molar refractivity (Wildman–Crippen MR) is 86.4 cm³/mol. The molecular formula is C17H26Ge. The van der Waals surface area contributed by atoms with Crippen LogP contribution in [-0.2, 0) is 0 Å². The van der Waals surface area contributed by atoms with Crippen molar-refractivity contribution < 1.29 is 0 Å². The predicted octanol–water partition coefficient (Wildman–Crippen LogP) is 5.69. The molecule has 1 aromatic carbocycles. The molecule has 0 radical (unpaired) electrons. The van der Waals surface area contributed by atoms with Crippen molar-refractivity contribution in [3.8, 4) is 0 Å². The van der Waals surface area contributed by atoms with Crippen LogP contribution in [0, 0.1) is 0 Å². The third-order valence-electron chi connectivity index (χ3n) is 4.10. The van der Waals surface area contributed by atoms with Gasteiger partial charge in [0.1, 0.15) is 0 Å². The van der Waals surface area contributed by atoms with Gasteiger partial charge in [-0.25, -0.2) is 0 Å². The van der Waals surface area contributed by atoms with Crippen LogP contribution in [0.25, 0.3) is 5.57 Å². The summed E-state index contributed by atoms with van der Waals surface area (Å²) >= 11 is -1.75. The Balaban J connectivity index is 3.15. The zero-order valence-electron chi connectivity index (χ0n) is 12.1. The Morgan fingerprint density at radius 1 is 1.06 bits per heavy atom. The van der Waals surface area contributed by atoms with Crippen LogP contribution < -0.4 is 0 Å². The van der Waals surface area contributed by atoms with Gasteiger partial charge in [-0.05, 0) is 0 Å². The molecule has 0 unspecified atom stereocenters. The van der Waals surface area contributed by atoms with Crippen LogP contribution in [0.15, 0.2) is 47.9 Å². The van der Waals surface area contributed by atoms with E-state index in [1.807, 2.05) is 6.08 Å². The quantitative estimate of drug-likeness (QED) is 0.448. The second-order valence-corrected chi connectivity index (χ2v) is 15.7. The van der Waals surface area contributed by atoms with Crippen LogP contribution in [0.4, 0.5) is 0 Å². The van der Waals surface area contributed by atoms with Crippen molar-refractivity contribution in [2.45, 2.75) is 43.0 Å². The van der Waals surface area contributed by atoms with Crippen molar-refractivity contribution in [3.05, 3.63) is 53.5 Å². The molecule has 0 bridgehead atoms. The van der Waals surface area contributed by atoms with Crippen LogP contribution >= 0.6 is 0 Å². The summed E-state index contributed by atoms with van der Waals surface area (Å²) in [6, 6.07) is 10.8. The average molecular weight is 303 g/mol. The van der Waals surface area contributed by atoms with Crippen molar-refractivity contribution in [1.29, 1.82) is 0 Å². The Morgan fingerprint density at radius 3 is 2.06 bits per heavy atom. The molecule has 98 valence electrons. The Labute approximate surface area is 115 Å². The van der Waals surface area contributed by atoms with E-state index in [1.54, 1.807) is 0 Å². The van der Waals surface area contributed by atoms with Gasteiger partial charge in [-0.3, -0.25) is 0 Å². The monoisotopic (exact) mass is 304 g/mol.